The van der Waals surface area contributed by atoms with Crippen LogP contribution in [0.5, 0.6) is 17.4 Å². The molecular weight excluding hydrogens is 532 g/mol. The highest BCUT2D eigenvalue weighted by atomic mass is 19.3. The highest BCUT2D eigenvalue weighted by molar-refractivity contribution is 5.89. The van der Waals surface area contributed by atoms with Gasteiger partial charge in [0.15, 0.2) is 11.6 Å². The molecule has 2 aromatic heterocycles. The summed E-state index contributed by atoms with van der Waals surface area (Å²) in [7, 11) is 0. The number of benzene rings is 3. The lowest BCUT2D eigenvalue weighted by atomic mass is 10.1. The minimum absolute atomic E-state index is 0.0205. The first-order valence-corrected chi connectivity index (χ1v) is 11.8. The number of carbonyl (C=O) groups excluding carboxylic acids is 1. The minimum Gasteiger partial charge on any atom is -0.486 e. The van der Waals surface area contributed by atoms with Crippen LogP contribution in [0.25, 0.3) is 28.0 Å². The van der Waals surface area contributed by atoms with Crippen molar-refractivity contribution >= 4 is 17.1 Å². The number of alkyl halides is 3. The van der Waals surface area contributed by atoms with Crippen molar-refractivity contribution in [2.75, 3.05) is 0 Å². The number of rotatable bonds is 9. The molecule has 5 rings (SSSR count). The van der Waals surface area contributed by atoms with Crippen LogP contribution in [-0.2, 0) is 6.61 Å². The van der Waals surface area contributed by atoms with Crippen molar-refractivity contribution < 1.29 is 36.6 Å². The van der Waals surface area contributed by atoms with E-state index in [4.69, 9.17) is 19.9 Å². The fraction of sp³-hybridized carbons (Fsp3) is 0.107. The quantitative estimate of drug-likeness (QED) is 0.219. The summed E-state index contributed by atoms with van der Waals surface area (Å²) >= 11 is 0. The molecular formula is C28H20F4N4O4. The summed E-state index contributed by atoms with van der Waals surface area (Å²) in [6.45, 7) is 0.131. The number of ether oxygens (including phenoxy) is 3. The maximum atomic E-state index is 15.2. The van der Waals surface area contributed by atoms with E-state index in [2.05, 4.69) is 9.97 Å². The molecule has 0 saturated heterocycles. The molecule has 204 valence electrons. The van der Waals surface area contributed by atoms with Crippen molar-refractivity contribution in [2.45, 2.75) is 19.4 Å². The SMILES string of the molecule is NC(=O)Oc1ccc(-c2cc3ncnc(OC(F)C(F)F)c3n2-c2ccc(OCc3ccccc3)c(F)c2)cc1. The van der Waals surface area contributed by atoms with E-state index in [9.17, 15) is 18.0 Å². The lowest BCUT2D eigenvalue weighted by Crippen LogP contribution is -2.20. The molecule has 0 radical (unpaired) electrons. The number of aromatic nitrogens is 3. The van der Waals surface area contributed by atoms with Gasteiger partial charge in [0.05, 0.1) is 11.2 Å². The first-order chi connectivity index (χ1) is 19.3. The summed E-state index contributed by atoms with van der Waals surface area (Å²) in [6, 6.07) is 21.0. The molecule has 0 aliphatic heterocycles. The van der Waals surface area contributed by atoms with Gasteiger partial charge in [0.1, 0.15) is 24.2 Å². The molecule has 40 heavy (non-hydrogen) atoms. The third kappa shape index (κ3) is 5.65. The Kier molecular flexibility index (Phi) is 7.49. The third-order valence-electron chi connectivity index (χ3n) is 5.76. The highest BCUT2D eigenvalue weighted by Gasteiger charge is 2.26. The summed E-state index contributed by atoms with van der Waals surface area (Å²) in [4.78, 5) is 19.1. The number of hydrogen-bond acceptors (Lipinski definition) is 6. The van der Waals surface area contributed by atoms with E-state index in [0.29, 0.717) is 11.3 Å². The lowest BCUT2D eigenvalue weighted by Gasteiger charge is -2.16. The van der Waals surface area contributed by atoms with Gasteiger partial charge in [-0.05, 0) is 53.6 Å². The summed E-state index contributed by atoms with van der Waals surface area (Å²) in [6.07, 6.45) is -6.34. The molecule has 8 nitrogen and oxygen atoms in total. The van der Waals surface area contributed by atoms with Crippen LogP contribution in [0, 0.1) is 5.82 Å². The minimum atomic E-state index is -3.43. The van der Waals surface area contributed by atoms with Crippen LogP contribution >= 0.6 is 0 Å². The number of nitrogens with zero attached hydrogens (tertiary/aromatic N) is 3. The Morgan fingerprint density at radius 1 is 0.950 bits per heavy atom. The van der Waals surface area contributed by atoms with E-state index in [1.165, 1.54) is 34.9 Å². The largest absolute Gasteiger partial charge is 0.486 e. The lowest BCUT2D eigenvalue weighted by molar-refractivity contribution is -0.0683. The molecule has 0 aliphatic carbocycles. The van der Waals surface area contributed by atoms with Crippen LogP contribution in [0.3, 0.4) is 0 Å². The summed E-state index contributed by atoms with van der Waals surface area (Å²) in [5, 5.41) is 0. The second-order valence-corrected chi connectivity index (χ2v) is 8.42. The summed E-state index contributed by atoms with van der Waals surface area (Å²) < 4.78 is 71.9. The molecule has 0 bridgehead atoms. The van der Waals surface area contributed by atoms with Crippen LogP contribution in [0.2, 0.25) is 0 Å². The fourth-order valence-electron chi connectivity index (χ4n) is 4.02. The van der Waals surface area contributed by atoms with Gasteiger partial charge < -0.3 is 24.5 Å². The van der Waals surface area contributed by atoms with Gasteiger partial charge in [-0.1, -0.05) is 30.3 Å². The molecule has 12 heteroatoms. The zero-order valence-electron chi connectivity index (χ0n) is 20.5. The predicted octanol–water partition coefficient (Wildman–Crippen LogP) is 6.20. The maximum absolute atomic E-state index is 15.2. The standard InChI is InChI=1S/C28H20F4N4O4/c29-20-12-18(8-11-23(20)38-14-16-4-2-1-3-5-16)36-22(17-6-9-19(10-7-17)39-28(33)37)13-21-24(36)27(35-15-34-21)40-26(32)25(30)31/h1-13,15,25-26H,14H2,(H2,33,37). The van der Waals surface area contributed by atoms with Gasteiger partial charge in [0.25, 0.3) is 6.36 Å². The van der Waals surface area contributed by atoms with E-state index in [1.54, 1.807) is 18.2 Å². The van der Waals surface area contributed by atoms with E-state index >= 15 is 4.39 Å². The van der Waals surface area contributed by atoms with Gasteiger partial charge in [-0.25, -0.2) is 22.9 Å². The van der Waals surface area contributed by atoms with Crippen molar-refractivity contribution in [3.63, 3.8) is 0 Å². The second kappa shape index (κ2) is 11.3. The van der Waals surface area contributed by atoms with Gasteiger partial charge in [0, 0.05) is 11.8 Å². The topological polar surface area (TPSA) is 101 Å². The van der Waals surface area contributed by atoms with Crippen molar-refractivity contribution in [3.8, 4) is 34.3 Å². The Morgan fingerprint density at radius 3 is 2.38 bits per heavy atom. The van der Waals surface area contributed by atoms with Crippen molar-refractivity contribution in [1.82, 2.24) is 14.5 Å². The monoisotopic (exact) mass is 552 g/mol. The van der Waals surface area contributed by atoms with Crippen LogP contribution in [0.4, 0.5) is 22.4 Å². The molecule has 0 spiro atoms. The molecule has 0 fully saturated rings. The third-order valence-corrected chi connectivity index (χ3v) is 5.76. The number of hydrogen-bond donors (Lipinski definition) is 1. The van der Waals surface area contributed by atoms with Crippen molar-refractivity contribution in [3.05, 3.63) is 96.6 Å². The number of fused-ring (bicyclic) bond motifs is 1. The van der Waals surface area contributed by atoms with E-state index in [1.807, 2.05) is 30.3 Å². The van der Waals surface area contributed by atoms with Gasteiger partial charge in [0.2, 0.25) is 5.88 Å². The van der Waals surface area contributed by atoms with Crippen LogP contribution in [0.15, 0.2) is 85.2 Å². The molecule has 1 atom stereocenters. The molecule has 1 amide bonds. The zero-order chi connectivity index (χ0) is 28.2. The van der Waals surface area contributed by atoms with Gasteiger partial charge in [-0.15, -0.1) is 0 Å². The van der Waals surface area contributed by atoms with Gasteiger partial charge >= 0.3 is 12.5 Å². The maximum Gasteiger partial charge on any atom is 0.409 e. The molecule has 0 saturated carbocycles. The number of amides is 1. The highest BCUT2D eigenvalue weighted by Crippen LogP contribution is 2.36. The number of carbonyl (C=O) groups is 1. The molecule has 5 aromatic rings. The first-order valence-electron chi connectivity index (χ1n) is 11.8. The number of nitrogens with two attached hydrogens (primary N) is 1. The van der Waals surface area contributed by atoms with Gasteiger partial charge in [-0.2, -0.15) is 9.37 Å². The molecule has 3 aromatic carbocycles. The van der Waals surface area contributed by atoms with Crippen molar-refractivity contribution in [1.29, 1.82) is 0 Å². The Balaban J connectivity index is 1.60. The summed E-state index contributed by atoms with van der Waals surface area (Å²) in [5.41, 5.74) is 7.28. The Morgan fingerprint density at radius 2 is 1.70 bits per heavy atom. The Hall–Kier alpha value is -5.13. The molecule has 1 unspecified atom stereocenters. The van der Waals surface area contributed by atoms with Gasteiger partial charge in [-0.3, -0.25) is 0 Å². The Labute approximate surface area is 224 Å². The van der Waals surface area contributed by atoms with Crippen LogP contribution in [0.1, 0.15) is 5.56 Å². The van der Waals surface area contributed by atoms with E-state index in [-0.39, 0.29) is 34.8 Å². The smallest absolute Gasteiger partial charge is 0.409 e. The van der Waals surface area contributed by atoms with E-state index in [0.717, 1.165) is 11.9 Å². The van der Waals surface area contributed by atoms with Crippen LogP contribution < -0.4 is 19.9 Å². The average molecular weight is 552 g/mol. The number of halogens is 4. The Bertz CT molecular complexity index is 1650. The first kappa shape index (κ1) is 26.5. The summed E-state index contributed by atoms with van der Waals surface area (Å²) in [5.74, 6) is -1.03. The normalized spacial score (nSPS) is 11.9. The fourth-order valence-corrected chi connectivity index (χ4v) is 4.02. The van der Waals surface area contributed by atoms with Crippen LogP contribution in [-0.4, -0.2) is 33.4 Å². The molecule has 2 N–H and O–H groups in total. The molecule has 2 heterocycles. The second-order valence-electron chi connectivity index (χ2n) is 8.42. The zero-order valence-corrected chi connectivity index (χ0v) is 20.5. The van der Waals surface area contributed by atoms with E-state index < -0.39 is 30.6 Å². The molecule has 0 aliphatic rings. The average Bonchev–Trinajstić information content (AvgIpc) is 3.33. The predicted molar refractivity (Wildman–Crippen MR) is 137 cm³/mol. The van der Waals surface area contributed by atoms with Crippen molar-refractivity contribution in [2.24, 2.45) is 5.73 Å². The number of primary amides is 1.